The molecule has 1 fully saturated rings. The molecule has 8 nitrogen and oxygen atoms in total. The molecule has 2 atom stereocenters. The normalized spacial score (nSPS) is 22.4. The highest BCUT2D eigenvalue weighted by Gasteiger charge is 2.34. The smallest absolute Gasteiger partial charge is 0.334 e. The average Bonchev–Trinajstić information content (AvgIpc) is 2.89. The van der Waals surface area contributed by atoms with Crippen LogP contribution in [-0.2, 0) is 9.53 Å². The first-order valence-corrected chi connectivity index (χ1v) is 6.52. The molecule has 1 unspecified atom stereocenters. The number of aromatic nitrogens is 3. The summed E-state index contributed by atoms with van der Waals surface area (Å²) >= 11 is 0. The molecule has 2 aromatic rings. The highest BCUT2D eigenvalue weighted by molar-refractivity contribution is 5.99. The van der Waals surface area contributed by atoms with Crippen molar-refractivity contribution in [2.45, 2.75) is 19.1 Å². The Balaban J connectivity index is 1.89. The standard InChI is InChI=1S/C13H14N4O4/c1-8-6-16(7-10(21-8)13(19)20)12(18)9-5-15-17-4-2-3-14-11(9)17/h2-5,8,10H,6-7H2,1H3,(H,19,20)/t8-,10?/m1/s1. The van der Waals surface area contributed by atoms with E-state index < -0.39 is 12.1 Å². The second-order valence-electron chi connectivity index (χ2n) is 4.93. The van der Waals surface area contributed by atoms with Crippen LogP contribution in [0, 0.1) is 0 Å². The summed E-state index contributed by atoms with van der Waals surface area (Å²) in [6.07, 6.45) is 3.38. The van der Waals surface area contributed by atoms with Gasteiger partial charge in [-0.05, 0) is 13.0 Å². The molecule has 1 amide bonds. The van der Waals surface area contributed by atoms with Crippen LogP contribution in [-0.4, -0.2) is 61.8 Å². The number of ether oxygens (including phenoxy) is 1. The summed E-state index contributed by atoms with van der Waals surface area (Å²) in [6, 6.07) is 1.71. The van der Waals surface area contributed by atoms with Crippen LogP contribution in [0.25, 0.3) is 5.65 Å². The number of aliphatic carboxylic acids is 1. The molecule has 1 N–H and O–H groups in total. The Morgan fingerprint density at radius 2 is 2.24 bits per heavy atom. The van der Waals surface area contributed by atoms with Gasteiger partial charge in [0.05, 0.1) is 18.8 Å². The van der Waals surface area contributed by atoms with E-state index in [0.717, 1.165) is 0 Å². The Morgan fingerprint density at radius 3 is 3.00 bits per heavy atom. The number of carboxylic acids is 1. The van der Waals surface area contributed by atoms with Gasteiger partial charge in [0.25, 0.3) is 5.91 Å². The predicted molar refractivity (Wildman–Crippen MR) is 70.9 cm³/mol. The number of morpholine rings is 1. The van der Waals surface area contributed by atoms with E-state index in [1.807, 2.05) is 0 Å². The minimum absolute atomic E-state index is 0.0165. The molecule has 1 aliphatic rings. The van der Waals surface area contributed by atoms with Gasteiger partial charge in [-0.1, -0.05) is 0 Å². The Hall–Kier alpha value is -2.48. The topological polar surface area (TPSA) is 97.0 Å². The Kier molecular flexibility index (Phi) is 3.30. The van der Waals surface area contributed by atoms with Crippen molar-refractivity contribution >= 4 is 17.5 Å². The number of carboxylic acid groups (broad SMARTS) is 1. The van der Waals surface area contributed by atoms with E-state index in [0.29, 0.717) is 17.8 Å². The van der Waals surface area contributed by atoms with Crippen LogP contribution in [0.15, 0.2) is 24.7 Å². The van der Waals surface area contributed by atoms with Gasteiger partial charge < -0.3 is 14.7 Å². The maximum absolute atomic E-state index is 12.6. The third-order valence-electron chi connectivity index (χ3n) is 3.33. The summed E-state index contributed by atoms with van der Waals surface area (Å²) in [4.78, 5) is 29.3. The largest absolute Gasteiger partial charge is 0.479 e. The van der Waals surface area contributed by atoms with Crippen LogP contribution >= 0.6 is 0 Å². The van der Waals surface area contributed by atoms with E-state index in [1.54, 1.807) is 25.4 Å². The van der Waals surface area contributed by atoms with Crippen molar-refractivity contribution in [3.8, 4) is 0 Å². The number of carbonyl (C=O) groups excluding carboxylic acids is 1. The molecule has 8 heteroatoms. The van der Waals surface area contributed by atoms with E-state index in [-0.39, 0.29) is 18.6 Å². The van der Waals surface area contributed by atoms with Gasteiger partial charge in [0.15, 0.2) is 11.8 Å². The molecule has 0 saturated carbocycles. The first kappa shape index (κ1) is 13.5. The average molecular weight is 290 g/mol. The lowest BCUT2D eigenvalue weighted by atomic mass is 10.2. The van der Waals surface area contributed by atoms with E-state index in [9.17, 15) is 9.59 Å². The van der Waals surface area contributed by atoms with Gasteiger partial charge in [0.1, 0.15) is 5.56 Å². The zero-order chi connectivity index (χ0) is 15.0. The van der Waals surface area contributed by atoms with Gasteiger partial charge in [-0.3, -0.25) is 4.79 Å². The molecule has 0 bridgehead atoms. The van der Waals surface area contributed by atoms with E-state index >= 15 is 0 Å². The first-order valence-electron chi connectivity index (χ1n) is 6.52. The molecule has 110 valence electrons. The molecule has 3 rings (SSSR count). The SMILES string of the molecule is C[C@@H]1CN(C(=O)c2cnn3cccnc23)CC(C(=O)O)O1. The van der Waals surface area contributed by atoms with Crippen LogP contribution < -0.4 is 0 Å². The second-order valence-corrected chi connectivity index (χ2v) is 4.93. The Bertz CT molecular complexity index is 698. The summed E-state index contributed by atoms with van der Waals surface area (Å²) in [5.41, 5.74) is 0.808. The molecule has 2 aromatic heterocycles. The maximum Gasteiger partial charge on any atom is 0.334 e. The number of fused-ring (bicyclic) bond motifs is 1. The molecule has 1 saturated heterocycles. The van der Waals surface area contributed by atoms with Crippen LogP contribution in [0.1, 0.15) is 17.3 Å². The zero-order valence-electron chi connectivity index (χ0n) is 11.3. The highest BCUT2D eigenvalue weighted by Crippen LogP contribution is 2.16. The number of hydrogen-bond acceptors (Lipinski definition) is 5. The molecule has 0 radical (unpaired) electrons. The number of rotatable bonds is 2. The third-order valence-corrected chi connectivity index (χ3v) is 3.33. The third kappa shape index (κ3) is 2.45. The van der Waals surface area contributed by atoms with Crippen LogP contribution in [0.3, 0.4) is 0 Å². The minimum Gasteiger partial charge on any atom is -0.479 e. The fourth-order valence-electron chi connectivity index (χ4n) is 2.40. The van der Waals surface area contributed by atoms with Crippen LogP contribution in [0.5, 0.6) is 0 Å². The molecule has 0 spiro atoms. The van der Waals surface area contributed by atoms with Crippen LogP contribution in [0.2, 0.25) is 0 Å². The first-order chi connectivity index (χ1) is 10.1. The van der Waals surface area contributed by atoms with Crippen molar-refractivity contribution in [3.05, 3.63) is 30.2 Å². The molecule has 1 aliphatic heterocycles. The van der Waals surface area contributed by atoms with Crippen molar-refractivity contribution < 1.29 is 19.4 Å². The molecular weight excluding hydrogens is 276 g/mol. The van der Waals surface area contributed by atoms with E-state index in [1.165, 1.54) is 15.6 Å². The summed E-state index contributed by atoms with van der Waals surface area (Å²) in [6.45, 7) is 2.10. The van der Waals surface area contributed by atoms with Gasteiger partial charge in [-0.15, -0.1) is 0 Å². The fraction of sp³-hybridized carbons (Fsp3) is 0.385. The summed E-state index contributed by atoms with van der Waals surface area (Å²) < 4.78 is 6.81. The van der Waals surface area contributed by atoms with Gasteiger partial charge in [0.2, 0.25) is 0 Å². The Morgan fingerprint density at radius 1 is 1.43 bits per heavy atom. The predicted octanol–water partition coefficient (Wildman–Crippen LogP) is 0.0434. The molecule has 0 aromatic carbocycles. The number of hydrogen-bond donors (Lipinski definition) is 1. The lowest BCUT2D eigenvalue weighted by Gasteiger charge is -2.34. The van der Waals surface area contributed by atoms with Gasteiger partial charge >= 0.3 is 5.97 Å². The quantitative estimate of drug-likeness (QED) is 0.839. The van der Waals surface area contributed by atoms with Gasteiger partial charge in [0, 0.05) is 18.9 Å². The summed E-state index contributed by atoms with van der Waals surface area (Å²) in [5.74, 6) is -1.36. The van der Waals surface area contributed by atoms with Gasteiger partial charge in [-0.25, -0.2) is 14.3 Å². The fourth-order valence-corrected chi connectivity index (χ4v) is 2.40. The van der Waals surface area contributed by atoms with Crippen molar-refractivity contribution in [1.82, 2.24) is 19.5 Å². The summed E-state index contributed by atoms with van der Waals surface area (Å²) in [5, 5.41) is 13.1. The van der Waals surface area contributed by atoms with E-state index in [4.69, 9.17) is 9.84 Å². The molecule has 21 heavy (non-hydrogen) atoms. The lowest BCUT2D eigenvalue weighted by molar-refractivity contribution is -0.160. The minimum atomic E-state index is -1.07. The van der Waals surface area contributed by atoms with Crippen molar-refractivity contribution in [3.63, 3.8) is 0 Å². The second kappa shape index (κ2) is 5.13. The summed E-state index contributed by atoms with van der Waals surface area (Å²) in [7, 11) is 0. The lowest BCUT2D eigenvalue weighted by Crippen LogP contribution is -2.51. The van der Waals surface area contributed by atoms with Crippen LogP contribution in [0.4, 0.5) is 0 Å². The highest BCUT2D eigenvalue weighted by atomic mass is 16.5. The molecule has 3 heterocycles. The van der Waals surface area contributed by atoms with E-state index in [2.05, 4.69) is 10.1 Å². The number of carbonyl (C=O) groups is 2. The number of amides is 1. The van der Waals surface area contributed by atoms with Gasteiger partial charge in [-0.2, -0.15) is 5.10 Å². The molecular formula is C13H14N4O4. The zero-order valence-corrected chi connectivity index (χ0v) is 11.3. The van der Waals surface area contributed by atoms with Crippen molar-refractivity contribution in [1.29, 1.82) is 0 Å². The Labute approximate surface area is 119 Å². The molecule has 0 aliphatic carbocycles. The monoisotopic (exact) mass is 290 g/mol. The maximum atomic E-state index is 12.6. The number of nitrogens with zero attached hydrogens (tertiary/aromatic N) is 4. The van der Waals surface area contributed by atoms with Crippen molar-refractivity contribution in [2.24, 2.45) is 0 Å². The van der Waals surface area contributed by atoms with Crippen molar-refractivity contribution in [2.75, 3.05) is 13.1 Å².